The van der Waals surface area contributed by atoms with Gasteiger partial charge in [0.05, 0.1) is 5.75 Å². The Balaban J connectivity index is 2.55. The maximum absolute atomic E-state index is 12.0. The Hall–Kier alpha value is -0.840. The third-order valence-corrected chi connectivity index (χ3v) is 2.08. The summed E-state index contributed by atoms with van der Waals surface area (Å²) in [6.07, 6.45) is 0.0900. The van der Waals surface area contributed by atoms with Gasteiger partial charge in [0.25, 0.3) is 0 Å². The molecule has 5 heteroatoms. The molecule has 0 N–H and O–H groups in total. The molecule has 1 heterocycles. The largest absolute Gasteiger partial charge is 0.466 e. The summed E-state index contributed by atoms with van der Waals surface area (Å²) in [6, 6.07) is 3.35. The monoisotopic (exact) mass is 192 g/mol. The zero-order chi connectivity index (χ0) is 9.19. The predicted molar refractivity (Wildman–Crippen MR) is 42.0 cm³/mol. The van der Waals surface area contributed by atoms with Crippen LogP contribution in [0.5, 0.6) is 0 Å². The summed E-state index contributed by atoms with van der Waals surface area (Å²) < 4.78 is 37.3. The minimum atomic E-state index is -4.37. The van der Waals surface area contributed by atoms with Crippen molar-refractivity contribution in [1.82, 2.24) is 0 Å². The van der Waals surface area contributed by atoms with Crippen LogP contribution in [0, 0.1) is 6.92 Å². The van der Waals surface area contributed by atoms with Crippen LogP contribution in [-0.4, -0.2) is 14.2 Å². The summed E-state index contributed by atoms with van der Waals surface area (Å²) in [5.41, 5.74) is 0. The second-order valence-electron chi connectivity index (χ2n) is 2.51. The van der Waals surface area contributed by atoms with E-state index in [1.54, 1.807) is 19.1 Å². The van der Waals surface area contributed by atoms with Crippen LogP contribution >= 0.6 is 0 Å². The average Bonchev–Trinajstić information content (AvgIpc) is 2.30. The first-order valence-corrected chi connectivity index (χ1v) is 5.00. The van der Waals surface area contributed by atoms with Crippen LogP contribution in [0.3, 0.4) is 0 Å². The van der Waals surface area contributed by atoms with Crippen LogP contribution in [0.15, 0.2) is 16.5 Å². The van der Waals surface area contributed by atoms with Crippen molar-refractivity contribution in [2.24, 2.45) is 0 Å². The molecule has 0 bridgehead atoms. The topological polar surface area (TPSA) is 47.3 Å². The quantitative estimate of drug-likeness (QED) is 0.680. The van der Waals surface area contributed by atoms with Crippen LogP contribution in [0.25, 0.3) is 0 Å². The highest BCUT2D eigenvalue weighted by atomic mass is 32.3. The molecule has 0 radical (unpaired) electrons. The number of hydrogen-bond donors (Lipinski definition) is 0. The fraction of sp³-hybridized carbons (Fsp3) is 0.429. The Morgan fingerprint density at radius 1 is 1.50 bits per heavy atom. The standard InChI is InChI=1S/C7H9FO3S/c1-6-2-3-7(11-6)4-5-12(8,9)10/h2-3H,4-5H2,1H3. The average molecular weight is 192 g/mol. The SMILES string of the molecule is Cc1ccc(CCS(=O)(=O)F)o1. The van der Waals surface area contributed by atoms with Crippen molar-refractivity contribution in [3.63, 3.8) is 0 Å². The van der Waals surface area contributed by atoms with Crippen molar-refractivity contribution in [3.05, 3.63) is 23.7 Å². The van der Waals surface area contributed by atoms with Gasteiger partial charge in [0.2, 0.25) is 0 Å². The summed E-state index contributed by atoms with van der Waals surface area (Å²) in [6.45, 7) is 1.74. The van der Waals surface area contributed by atoms with E-state index in [9.17, 15) is 12.3 Å². The molecule has 3 nitrogen and oxygen atoms in total. The van der Waals surface area contributed by atoms with Crippen LogP contribution in [0.4, 0.5) is 3.89 Å². The lowest BCUT2D eigenvalue weighted by molar-refractivity contribution is 0.484. The Bertz CT molecular complexity index is 352. The number of hydrogen-bond acceptors (Lipinski definition) is 3. The number of rotatable bonds is 3. The Kier molecular flexibility index (Phi) is 2.52. The van der Waals surface area contributed by atoms with Crippen LogP contribution in [0.2, 0.25) is 0 Å². The molecule has 0 fully saturated rings. The van der Waals surface area contributed by atoms with Gasteiger partial charge >= 0.3 is 10.2 Å². The molecule has 0 aliphatic carbocycles. The molecule has 0 saturated heterocycles. The summed E-state index contributed by atoms with van der Waals surface area (Å²) in [4.78, 5) is 0. The fourth-order valence-electron chi connectivity index (χ4n) is 0.842. The third kappa shape index (κ3) is 3.04. The van der Waals surface area contributed by atoms with Crippen molar-refractivity contribution in [3.8, 4) is 0 Å². The first-order valence-electron chi connectivity index (χ1n) is 3.45. The fourth-order valence-corrected chi connectivity index (χ4v) is 1.29. The van der Waals surface area contributed by atoms with E-state index < -0.39 is 16.0 Å². The van der Waals surface area contributed by atoms with Gasteiger partial charge in [-0.05, 0) is 19.1 Å². The molecule has 0 spiro atoms. The molecule has 0 amide bonds. The van der Waals surface area contributed by atoms with Gasteiger partial charge in [-0.1, -0.05) is 0 Å². The molecule has 0 aliphatic rings. The van der Waals surface area contributed by atoms with Crippen molar-refractivity contribution in [1.29, 1.82) is 0 Å². The van der Waals surface area contributed by atoms with E-state index in [2.05, 4.69) is 0 Å². The van der Waals surface area contributed by atoms with E-state index in [0.29, 0.717) is 11.5 Å². The molecule has 0 unspecified atom stereocenters. The molecule has 1 aromatic heterocycles. The summed E-state index contributed by atoms with van der Waals surface area (Å²) in [5.74, 6) is 0.676. The number of halogens is 1. The van der Waals surface area contributed by atoms with E-state index in [1.807, 2.05) is 0 Å². The Morgan fingerprint density at radius 2 is 2.17 bits per heavy atom. The van der Waals surface area contributed by atoms with E-state index in [0.717, 1.165) is 0 Å². The maximum Gasteiger partial charge on any atom is 0.302 e. The van der Waals surface area contributed by atoms with Gasteiger partial charge in [0, 0.05) is 6.42 Å². The molecule has 1 aromatic rings. The summed E-state index contributed by atoms with van der Waals surface area (Å²) in [5, 5.41) is 0. The minimum absolute atomic E-state index is 0.0900. The molecule has 0 aliphatic heterocycles. The van der Waals surface area contributed by atoms with Crippen molar-refractivity contribution in [2.45, 2.75) is 13.3 Å². The zero-order valence-electron chi connectivity index (χ0n) is 6.58. The van der Waals surface area contributed by atoms with E-state index in [-0.39, 0.29) is 6.42 Å². The highest BCUT2D eigenvalue weighted by Gasteiger charge is 2.08. The first-order chi connectivity index (χ1) is 5.47. The molecular formula is C7H9FO3S. The van der Waals surface area contributed by atoms with Gasteiger partial charge in [-0.3, -0.25) is 0 Å². The van der Waals surface area contributed by atoms with Gasteiger partial charge in [0.15, 0.2) is 0 Å². The molecule has 68 valence electrons. The smallest absolute Gasteiger partial charge is 0.302 e. The normalized spacial score (nSPS) is 11.8. The second-order valence-corrected chi connectivity index (χ2v) is 3.99. The summed E-state index contributed by atoms with van der Waals surface area (Å²) in [7, 11) is -4.37. The van der Waals surface area contributed by atoms with Crippen molar-refractivity contribution >= 4 is 10.2 Å². The highest BCUT2D eigenvalue weighted by molar-refractivity contribution is 7.86. The van der Waals surface area contributed by atoms with Gasteiger partial charge in [-0.25, -0.2) is 0 Å². The van der Waals surface area contributed by atoms with Gasteiger partial charge < -0.3 is 4.42 Å². The number of furan rings is 1. The van der Waals surface area contributed by atoms with E-state index in [1.165, 1.54) is 0 Å². The van der Waals surface area contributed by atoms with Crippen LogP contribution < -0.4 is 0 Å². The third-order valence-electron chi connectivity index (χ3n) is 1.39. The lowest BCUT2D eigenvalue weighted by Crippen LogP contribution is -2.00. The van der Waals surface area contributed by atoms with Crippen LogP contribution in [0.1, 0.15) is 11.5 Å². The molecular weight excluding hydrogens is 183 g/mol. The van der Waals surface area contributed by atoms with Crippen molar-refractivity contribution < 1.29 is 16.7 Å². The molecule has 12 heavy (non-hydrogen) atoms. The van der Waals surface area contributed by atoms with Crippen LogP contribution in [-0.2, 0) is 16.6 Å². The van der Waals surface area contributed by atoms with Gasteiger partial charge in [-0.15, -0.1) is 3.89 Å². The Morgan fingerprint density at radius 3 is 2.58 bits per heavy atom. The lowest BCUT2D eigenvalue weighted by Gasteiger charge is -1.91. The zero-order valence-corrected chi connectivity index (χ0v) is 7.40. The minimum Gasteiger partial charge on any atom is -0.466 e. The molecule has 0 aromatic carbocycles. The molecule has 0 saturated carbocycles. The molecule has 0 atom stereocenters. The highest BCUT2D eigenvalue weighted by Crippen LogP contribution is 2.08. The summed E-state index contributed by atoms with van der Waals surface area (Å²) >= 11 is 0. The molecule has 1 rings (SSSR count). The lowest BCUT2D eigenvalue weighted by atomic mass is 10.4. The van der Waals surface area contributed by atoms with Crippen molar-refractivity contribution in [2.75, 3.05) is 5.75 Å². The predicted octanol–water partition coefficient (Wildman–Crippen LogP) is 1.43. The maximum atomic E-state index is 12.0. The van der Waals surface area contributed by atoms with Gasteiger partial charge in [-0.2, -0.15) is 8.42 Å². The van der Waals surface area contributed by atoms with E-state index >= 15 is 0 Å². The van der Waals surface area contributed by atoms with Gasteiger partial charge in [0.1, 0.15) is 11.5 Å². The Labute approximate surface area is 70.4 Å². The first kappa shape index (κ1) is 9.25. The number of aryl methyl sites for hydroxylation is 2. The second kappa shape index (κ2) is 3.26. The van der Waals surface area contributed by atoms with E-state index in [4.69, 9.17) is 4.42 Å².